The summed E-state index contributed by atoms with van der Waals surface area (Å²) in [6, 6.07) is 2.94. The molecule has 0 atom stereocenters. The zero-order valence-electron chi connectivity index (χ0n) is 9.70. The van der Waals surface area contributed by atoms with Gasteiger partial charge in [0.05, 0.1) is 10.1 Å². The number of thiophene rings is 1. The van der Waals surface area contributed by atoms with Gasteiger partial charge in [-0.1, -0.05) is 35.0 Å². The van der Waals surface area contributed by atoms with Gasteiger partial charge in [0.15, 0.2) is 10.9 Å². The summed E-state index contributed by atoms with van der Waals surface area (Å²) in [7, 11) is 0. The molecule has 0 aliphatic rings. The lowest BCUT2D eigenvalue weighted by atomic mass is 10.2. The summed E-state index contributed by atoms with van der Waals surface area (Å²) >= 11 is 14.0. The summed E-state index contributed by atoms with van der Waals surface area (Å²) in [5.74, 6) is -0.0126. The topological polar surface area (TPSA) is 62.8 Å². The van der Waals surface area contributed by atoms with E-state index >= 15 is 0 Å². The molecule has 8 heteroatoms. The van der Waals surface area contributed by atoms with E-state index in [1.165, 1.54) is 6.07 Å². The minimum absolute atomic E-state index is 0.138. The van der Waals surface area contributed by atoms with Gasteiger partial charge in [-0.05, 0) is 13.0 Å². The average molecular weight is 335 g/mol. The number of aromatic nitrogens is 2. The SMILES string of the molecule is Cc1cc(=O)[nH]c(SCC(=O)c2cc(Cl)sc2Cl)n1. The number of aromatic amines is 1. The van der Waals surface area contributed by atoms with Crippen molar-refractivity contribution in [2.75, 3.05) is 5.75 Å². The molecular formula is C11H8Cl2N2O2S2. The fraction of sp³-hybridized carbons (Fsp3) is 0.182. The summed E-state index contributed by atoms with van der Waals surface area (Å²) in [4.78, 5) is 29.9. The Kier molecular flexibility index (Phi) is 4.67. The molecule has 0 spiro atoms. The highest BCUT2D eigenvalue weighted by Gasteiger charge is 2.15. The molecular weight excluding hydrogens is 327 g/mol. The van der Waals surface area contributed by atoms with Crippen LogP contribution in [-0.4, -0.2) is 21.5 Å². The van der Waals surface area contributed by atoms with Crippen LogP contribution in [0.1, 0.15) is 16.1 Å². The fourth-order valence-electron chi connectivity index (χ4n) is 1.36. The van der Waals surface area contributed by atoms with Crippen LogP contribution in [0.15, 0.2) is 22.1 Å². The Morgan fingerprint density at radius 2 is 2.21 bits per heavy atom. The number of carbonyl (C=O) groups excluding carboxylic acids is 1. The van der Waals surface area contributed by atoms with Crippen LogP contribution in [0.25, 0.3) is 0 Å². The van der Waals surface area contributed by atoms with Crippen LogP contribution < -0.4 is 5.56 Å². The van der Waals surface area contributed by atoms with Gasteiger partial charge < -0.3 is 4.98 Å². The number of nitrogens with zero attached hydrogens (tertiary/aromatic N) is 1. The Balaban J connectivity index is 2.08. The van der Waals surface area contributed by atoms with Crippen LogP contribution >= 0.6 is 46.3 Å². The van der Waals surface area contributed by atoms with Crippen molar-refractivity contribution in [2.45, 2.75) is 12.1 Å². The molecule has 1 N–H and O–H groups in total. The summed E-state index contributed by atoms with van der Waals surface area (Å²) < 4.78 is 0.849. The number of carbonyl (C=O) groups is 1. The van der Waals surface area contributed by atoms with Crippen molar-refractivity contribution in [1.82, 2.24) is 9.97 Å². The van der Waals surface area contributed by atoms with E-state index in [1.807, 2.05) is 0 Å². The molecule has 0 amide bonds. The van der Waals surface area contributed by atoms with Gasteiger partial charge in [-0.25, -0.2) is 4.98 Å². The number of hydrogen-bond acceptors (Lipinski definition) is 5. The number of Topliss-reactive ketones (excluding diaryl/α,β-unsaturated/α-hetero) is 1. The maximum Gasteiger partial charge on any atom is 0.251 e. The molecule has 0 saturated carbocycles. The van der Waals surface area contributed by atoms with E-state index in [1.54, 1.807) is 13.0 Å². The van der Waals surface area contributed by atoms with Gasteiger partial charge in [0.25, 0.3) is 5.56 Å². The van der Waals surface area contributed by atoms with Crippen LogP contribution in [0.2, 0.25) is 8.67 Å². The van der Waals surface area contributed by atoms with Crippen LogP contribution in [0, 0.1) is 6.92 Å². The molecule has 0 unspecified atom stereocenters. The first kappa shape index (κ1) is 14.6. The van der Waals surface area contributed by atoms with Gasteiger partial charge in [0.2, 0.25) is 0 Å². The number of hydrogen-bond donors (Lipinski definition) is 1. The van der Waals surface area contributed by atoms with E-state index < -0.39 is 0 Å². The van der Waals surface area contributed by atoms with Gasteiger partial charge >= 0.3 is 0 Å². The van der Waals surface area contributed by atoms with Crippen molar-refractivity contribution in [3.63, 3.8) is 0 Å². The van der Waals surface area contributed by atoms with Crippen LogP contribution in [-0.2, 0) is 0 Å². The summed E-state index contributed by atoms with van der Waals surface area (Å²) in [6.45, 7) is 1.72. The maximum atomic E-state index is 11.9. The van der Waals surface area contributed by atoms with E-state index in [9.17, 15) is 9.59 Å². The zero-order valence-corrected chi connectivity index (χ0v) is 12.8. The molecule has 2 rings (SSSR count). The fourth-order valence-corrected chi connectivity index (χ4v) is 3.67. The minimum Gasteiger partial charge on any atom is -0.301 e. The molecule has 0 saturated heterocycles. The molecule has 2 aromatic rings. The Bertz CT molecular complexity index is 682. The Hall–Kier alpha value is -0.820. The molecule has 4 nitrogen and oxygen atoms in total. The highest BCUT2D eigenvalue weighted by atomic mass is 35.5. The molecule has 0 bridgehead atoms. The number of nitrogens with one attached hydrogen (secondary N) is 1. The predicted molar refractivity (Wildman–Crippen MR) is 79.0 cm³/mol. The molecule has 2 aromatic heterocycles. The van der Waals surface area contributed by atoms with Gasteiger partial charge in [-0.15, -0.1) is 11.3 Å². The standard InChI is InChI=1S/C11H8Cl2N2O2S2/c1-5-2-9(17)15-11(14-5)18-4-7(16)6-3-8(12)19-10(6)13/h2-3H,4H2,1H3,(H,14,15,17). The minimum atomic E-state index is -0.237. The van der Waals surface area contributed by atoms with Crippen LogP contribution in [0.3, 0.4) is 0 Å². The molecule has 19 heavy (non-hydrogen) atoms. The number of rotatable bonds is 4. The van der Waals surface area contributed by atoms with Crippen molar-refractivity contribution in [2.24, 2.45) is 0 Å². The summed E-state index contributed by atoms with van der Waals surface area (Å²) in [6.07, 6.45) is 0. The van der Waals surface area contributed by atoms with Gasteiger partial charge in [-0.2, -0.15) is 0 Å². The third-order valence-electron chi connectivity index (χ3n) is 2.15. The van der Waals surface area contributed by atoms with Crippen LogP contribution in [0.4, 0.5) is 0 Å². The lowest BCUT2D eigenvalue weighted by Crippen LogP contribution is -2.09. The van der Waals surface area contributed by atoms with Crippen molar-refractivity contribution in [3.8, 4) is 0 Å². The van der Waals surface area contributed by atoms with Gasteiger partial charge in [-0.3, -0.25) is 9.59 Å². The second-order valence-corrected chi connectivity index (χ2v) is 6.89. The Morgan fingerprint density at radius 3 is 2.79 bits per heavy atom. The third kappa shape index (κ3) is 3.82. The van der Waals surface area contributed by atoms with Gasteiger partial charge in [0, 0.05) is 17.3 Å². The van der Waals surface area contributed by atoms with Crippen molar-refractivity contribution >= 4 is 52.1 Å². The van der Waals surface area contributed by atoms with Crippen molar-refractivity contribution < 1.29 is 4.79 Å². The lowest BCUT2D eigenvalue weighted by molar-refractivity contribution is 0.102. The number of ketones is 1. The van der Waals surface area contributed by atoms with E-state index in [4.69, 9.17) is 23.2 Å². The van der Waals surface area contributed by atoms with E-state index in [0.717, 1.165) is 23.1 Å². The van der Waals surface area contributed by atoms with Crippen LogP contribution in [0.5, 0.6) is 0 Å². The molecule has 0 aliphatic heterocycles. The summed E-state index contributed by atoms with van der Waals surface area (Å²) in [5.41, 5.74) is 0.772. The van der Waals surface area contributed by atoms with E-state index in [0.29, 0.717) is 25.1 Å². The first-order valence-electron chi connectivity index (χ1n) is 5.14. The monoisotopic (exact) mass is 334 g/mol. The Morgan fingerprint density at radius 1 is 1.47 bits per heavy atom. The summed E-state index contributed by atoms with van der Waals surface area (Å²) in [5, 5.41) is 0.413. The Labute approximate surface area is 127 Å². The smallest absolute Gasteiger partial charge is 0.251 e. The third-order valence-corrected chi connectivity index (χ3v) is 4.51. The van der Waals surface area contributed by atoms with E-state index in [-0.39, 0.29) is 17.1 Å². The molecule has 0 aromatic carbocycles. The molecule has 2 heterocycles. The van der Waals surface area contributed by atoms with E-state index in [2.05, 4.69) is 9.97 Å². The second kappa shape index (κ2) is 6.09. The number of halogens is 2. The number of aryl methyl sites for hydroxylation is 1. The molecule has 0 aliphatic carbocycles. The highest BCUT2D eigenvalue weighted by Crippen LogP contribution is 2.32. The predicted octanol–water partition coefficient (Wildman–Crippen LogP) is 3.42. The first-order chi connectivity index (χ1) is 8.95. The largest absolute Gasteiger partial charge is 0.301 e. The van der Waals surface area contributed by atoms with Crippen molar-refractivity contribution in [1.29, 1.82) is 0 Å². The number of H-pyrrole nitrogens is 1. The highest BCUT2D eigenvalue weighted by molar-refractivity contribution is 7.99. The van der Waals surface area contributed by atoms with Gasteiger partial charge in [0.1, 0.15) is 4.34 Å². The normalized spacial score (nSPS) is 10.7. The maximum absolute atomic E-state index is 11.9. The average Bonchev–Trinajstić information content (AvgIpc) is 2.64. The zero-order chi connectivity index (χ0) is 14.0. The molecule has 100 valence electrons. The molecule has 0 radical (unpaired) electrons. The molecule has 0 fully saturated rings. The lowest BCUT2D eigenvalue weighted by Gasteiger charge is -2.00. The quantitative estimate of drug-likeness (QED) is 0.528. The first-order valence-corrected chi connectivity index (χ1v) is 7.70. The van der Waals surface area contributed by atoms with Crippen molar-refractivity contribution in [3.05, 3.63) is 42.4 Å². The second-order valence-electron chi connectivity index (χ2n) is 3.64. The number of thioether (sulfide) groups is 1.